The van der Waals surface area contributed by atoms with Crippen LogP contribution in [0.4, 0.5) is 5.13 Å². The molecule has 1 atom stereocenters. The Balaban J connectivity index is 1.77. The first kappa shape index (κ1) is 14.5. The number of hydrogen-bond donors (Lipinski definition) is 1. The summed E-state index contributed by atoms with van der Waals surface area (Å²) < 4.78 is 0. The van der Waals surface area contributed by atoms with E-state index in [1.165, 1.54) is 35.4 Å². The molecule has 0 bridgehead atoms. The van der Waals surface area contributed by atoms with Crippen LogP contribution in [0, 0.1) is 0 Å². The van der Waals surface area contributed by atoms with Crippen molar-refractivity contribution >= 4 is 16.5 Å². The van der Waals surface area contributed by atoms with Crippen LogP contribution in [0.1, 0.15) is 41.9 Å². The van der Waals surface area contributed by atoms with Crippen LogP contribution in [0.25, 0.3) is 0 Å². The molecule has 1 unspecified atom stereocenters. The van der Waals surface area contributed by atoms with Gasteiger partial charge in [0.2, 0.25) is 0 Å². The molecule has 0 aliphatic heterocycles. The number of thiazole rings is 1. The Morgan fingerprint density at radius 3 is 2.90 bits per heavy atom. The van der Waals surface area contributed by atoms with Crippen molar-refractivity contribution in [1.82, 2.24) is 10.3 Å². The highest BCUT2D eigenvalue weighted by molar-refractivity contribution is 7.15. The highest BCUT2D eigenvalue weighted by atomic mass is 32.1. The van der Waals surface area contributed by atoms with Crippen molar-refractivity contribution in [1.29, 1.82) is 0 Å². The number of hydrogen-bond acceptors (Lipinski definition) is 4. The van der Waals surface area contributed by atoms with E-state index in [1.54, 1.807) is 0 Å². The van der Waals surface area contributed by atoms with Gasteiger partial charge in [0.05, 0.1) is 11.7 Å². The van der Waals surface area contributed by atoms with Crippen molar-refractivity contribution in [2.24, 2.45) is 0 Å². The SMILES string of the molecule is CCNC1CCCc2sc(N(C)Cc3ccccc3)nc21. The molecule has 4 heteroatoms. The summed E-state index contributed by atoms with van der Waals surface area (Å²) in [7, 11) is 2.14. The lowest BCUT2D eigenvalue weighted by Gasteiger charge is -2.21. The van der Waals surface area contributed by atoms with Crippen LogP contribution in [0.2, 0.25) is 0 Å². The van der Waals surface area contributed by atoms with Crippen molar-refractivity contribution in [3.05, 3.63) is 46.5 Å². The van der Waals surface area contributed by atoms with E-state index in [4.69, 9.17) is 4.98 Å². The summed E-state index contributed by atoms with van der Waals surface area (Å²) in [6.45, 7) is 4.10. The van der Waals surface area contributed by atoms with Gasteiger partial charge in [-0.1, -0.05) is 37.3 Å². The number of aromatic nitrogens is 1. The Bertz CT molecular complexity index is 579. The number of nitrogens with one attached hydrogen (secondary N) is 1. The molecule has 2 aromatic rings. The lowest BCUT2D eigenvalue weighted by Crippen LogP contribution is -2.24. The predicted molar refractivity (Wildman–Crippen MR) is 90.0 cm³/mol. The Morgan fingerprint density at radius 2 is 2.14 bits per heavy atom. The Morgan fingerprint density at radius 1 is 1.33 bits per heavy atom. The van der Waals surface area contributed by atoms with Gasteiger partial charge in [0.25, 0.3) is 0 Å². The minimum absolute atomic E-state index is 0.453. The van der Waals surface area contributed by atoms with Gasteiger partial charge in [0, 0.05) is 18.5 Å². The molecule has 1 aromatic heterocycles. The summed E-state index contributed by atoms with van der Waals surface area (Å²) in [5.74, 6) is 0. The second-order valence-corrected chi connectivity index (χ2v) is 6.71. The lowest BCUT2D eigenvalue weighted by molar-refractivity contribution is 0.465. The monoisotopic (exact) mass is 301 g/mol. The molecule has 1 heterocycles. The third-order valence-corrected chi connectivity index (χ3v) is 5.23. The van der Waals surface area contributed by atoms with Gasteiger partial charge in [-0.15, -0.1) is 11.3 Å². The maximum absolute atomic E-state index is 4.93. The van der Waals surface area contributed by atoms with Crippen molar-refractivity contribution in [2.75, 3.05) is 18.5 Å². The molecule has 1 aliphatic rings. The lowest BCUT2D eigenvalue weighted by atomic mass is 9.98. The fourth-order valence-electron chi connectivity index (χ4n) is 2.94. The van der Waals surface area contributed by atoms with Crippen LogP contribution in [-0.4, -0.2) is 18.6 Å². The zero-order valence-electron chi connectivity index (χ0n) is 12.8. The molecular weight excluding hydrogens is 278 g/mol. The molecule has 0 radical (unpaired) electrons. The molecule has 3 rings (SSSR count). The van der Waals surface area contributed by atoms with E-state index >= 15 is 0 Å². The number of aryl methyl sites for hydroxylation is 1. The van der Waals surface area contributed by atoms with Gasteiger partial charge in [-0.05, 0) is 31.4 Å². The van der Waals surface area contributed by atoms with Crippen LogP contribution >= 0.6 is 11.3 Å². The van der Waals surface area contributed by atoms with Gasteiger partial charge < -0.3 is 10.2 Å². The summed E-state index contributed by atoms with van der Waals surface area (Å²) in [5.41, 5.74) is 2.62. The maximum Gasteiger partial charge on any atom is 0.185 e. The van der Waals surface area contributed by atoms with Crippen molar-refractivity contribution < 1.29 is 0 Å². The smallest absolute Gasteiger partial charge is 0.185 e. The van der Waals surface area contributed by atoms with E-state index in [0.717, 1.165) is 18.2 Å². The highest BCUT2D eigenvalue weighted by Crippen LogP contribution is 2.36. The van der Waals surface area contributed by atoms with E-state index in [-0.39, 0.29) is 0 Å². The molecular formula is C17H23N3S. The average Bonchev–Trinajstić information content (AvgIpc) is 2.94. The summed E-state index contributed by atoms with van der Waals surface area (Å²) in [5, 5.41) is 4.72. The molecule has 1 N–H and O–H groups in total. The molecule has 21 heavy (non-hydrogen) atoms. The van der Waals surface area contributed by atoms with Crippen LogP contribution in [0.15, 0.2) is 30.3 Å². The number of nitrogens with zero attached hydrogens (tertiary/aromatic N) is 2. The summed E-state index contributed by atoms with van der Waals surface area (Å²) in [6, 6.07) is 11.0. The summed E-state index contributed by atoms with van der Waals surface area (Å²) >= 11 is 1.87. The summed E-state index contributed by atoms with van der Waals surface area (Å²) in [6.07, 6.45) is 3.68. The molecule has 1 aromatic carbocycles. The van der Waals surface area contributed by atoms with Crippen LogP contribution in [0.3, 0.4) is 0 Å². The Labute approximate surface area is 131 Å². The van der Waals surface area contributed by atoms with E-state index in [2.05, 4.69) is 54.5 Å². The van der Waals surface area contributed by atoms with E-state index < -0.39 is 0 Å². The van der Waals surface area contributed by atoms with E-state index in [0.29, 0.717) is 6.04 Å². The quantitative estimate of drug-likeness (QED) is 0.911. The third kappa shape index (κ3) is 3.27. The van der Waals surface area contributed by atoms with Gasteiger partial charge in [-0.3, -0.25) is 0 Å². The fraction of sp³-hybridized carbons (Fsp3) is 0.471. The second kappa shape index (κ2) is 6.58. The summed E-state index contributed by atoms with van der Waals surface area (Å²) in [4.78, 5) is 8.67. The normalized spacial score (nSPS) is 17.5. The molecule has 112 valence electrons. The molecule has 0 amide bonds. The maximum atomic E-state index is 4.93. The second-order valence-electron chi connectivity index (χ2n) is 5.65. The number of benzene rings is 1. The first-order valence-electron chi connectivity index (χ1n) is 7.76. The topological polar surface area (TPSA) is 28.2 Å². The predicted octanol–water partition coefficient (Wildman–Crippen LogP) is 3.77. The average molecular weight is 301 g/mol. The van der Waals surface area contributed by atoms with Gasteiger partial charge in [0.15, 0.2) is 5.13 Å². The van der Waals surface area contributed by atoms with Crippen molar-refractivity contribution in [2.45, 2.75) is 38.8 Å². The standard InChI is InChI=1S/C17H23N3S/c1-3-18-14-10-7-11-15-16(14)19-17(21-15)20(2)12-13-8-5-4-6-9-13/h4-6,8-9,14,18H,3,7,10-12H2,1-2H3. The fourth-order valence-corrected chi connectivity index (χ4v) is 4.06. The number of rotatable bonds is 5. The molecule has 3 nitrogen and oxygen atoms in total. The van der Waals surface area contributed by atoms with Gasteiger partial charge in [0.1, 0.15) is 0 Å². The van der Waals surface area contributed by atoms with Crippen LogP contribution in [-0.2, 0) is 13.0 Å². The molecule has 0 spiro atoms. The van der Waals surface area contributed by atoms with Gasteiger partial charge in [-0.25, -0.2) is 4.98 Å². The first-order valence-corrected chi connectivity index (χ1v) is 8.57. The van der Waals surface area contributed by atoms with Crippen molar-refractivity contribution in [3.63, 3.8) is 0 Å². The zero-order chi connectivity index (χ0) is 14.7. The van der Waals surface area contributed by atoms with Gasteiger partial charge >= 0.3 is 0 Å². The van der Waals surface area contributed by atoms with Crippen LogP contribution < -0.4 is 10.2 Å². The first-order chi connectivity index (χ1) is 10.3. The number of anilines is 1. The molecule has 0 fully saturated rings. The van der Waals surface area contributed by atoms with Crippen molar-refractivity contribution in [3.8, 4) is 0 Å². The molecule has 0 saturated heterocycles. The minimum atomic E-state index is 0.453. The van der Waals surface area contributed by atoms with E-state index in [9.17, 15) is 0 Å². The minimum Gasteiger partial charge on any atom is -0.347 e. The Kier molecular flexibility index (Phi) is 4.56. The highest BCUT2D eigenvalue weighted by Gasteiger charge is 2.24. The Hall–Kier alpha value is -1.39. The largest absolute Gasteiger partial charge is 0.347 e. The third-order valence-electron chi connectivity index (χ3n) is 3.98. The number of fused-ring (bicyclic) bond motifs is 1. The molecule has 1 aliphatic carbocycles. The van der Waals surface area contributed by atoms with Gasteiger partial charge in [-0.2, -0.15) is 0 Å². The zero-order valence-corrected chi connectivity index (χ0v) is 13.6. The van der Waals surface area contributed by atoms with Crippen LogP contribution in [0.5, 0.6) is 0 Å². The molecule has 0 saturated carbocycles. The van der Waals surface area contributed by atoms with E-state index in [1.807, 2.05) is 11.3 Å².